The molecule has 28 heavy (non-hydrogen) atoms. The molecule has 0 saturated heterocycles. The van der Waals surface area contributed by atoms with E-state index in [0.717, 1.165) is 44.0 Å². The lowest BCUT2D eigenvalue weighted by Crippen LogP contribution is -2.08. The minimum atomic E-state index is 0.488. The largest absolute Gasteiger partial charge is 0.490 e. The Labute approximate surface area is 172 Å². The number of rotatable bonds is 7. The van der Waals surface area contributed by atoms with Gasteiger partial charge in [-0.3, -0.25) is 0 Å². The minimum Gasteiger partial charge on any atom is -0.490 e. The van der Waals surface area contributed by atoms with E-state index in [9.17, 15) is 0 Å². The summed E-state index contributed by atoms with van der Waals surface area (Å²) >= 11 is 3.31. The van der Waals surface area contributed by atoms with Crippen molar-refractivity contribution in [2.75, 3.05) is 13.2 Å². The van der Waals surface area contributed by atoms with E-state index in [4.69, 9.17) is 9.47 Å². The normalized spacial score (nSPS) is 10.8. The predicted molar refractivity (Wildman–Crippen MR) is 116 cm³/mol. The highest BCUT2D eigenvalue weighted by Gasteiger charge is 2.04. The van der Waals surface area contributed by atoms with Gasteiger partial charge in [-0.1, -0.05) is 0 Å². The summed E-state index contributed by atoms with van der Waals surface area (Å²) in [5.41, 5.74) is 4.22. The molecule has 6 heteroatoms. The van der Waals surface area contributed by atoms with Gasteiger partial charge in [-0.15, -0.1) is 22.7 Å². The van der Waals surface area contributed by atoms with Crippen LogP contribution >= 0.6 is 22.7 Å². The van der Waals surface area contributed by atoms with Gasteiger partial charge in [-0.2, -0.15) is 0 Å². The van der Waals surface area contributed by atoms with Crippen LogP contribution in [0, 0.1) is 13.8 Å². The van der Waals surface area contributed by atoms with Crippen LogP contribution < -0.4 is 9.47 Å². The van der Waals surface area contributed by atoms with Crippen molar-refractivity contribution < 1.29 is 9.47 Å². The summed E-state index contributed by atoms with van der Waals surface area (Å²) < 4.78 is 11.5. The highest BCUT2D eigenvalue weighted by Crippen LogP contribution is 2.25. The molecular formula is C22H20N2O2S2. The second-order valence-corrected chi connectivity index (χ2v) is 8.37. The quantitative estimate of drug-likeness (QED) is 0.351. The Hall–Kier alpha value is -2.70. The summed E-state index contributed by atoms with van der Waals surface area (Å²) in [4.78, 5) is 9.00. The maximum Gasteiger partial charge on any atom is 0.122 e. The summed E-state index contributed by atoms with van der Waals surface area (Å²) in [6.45, 7) is 5.00. The first kappa shape index (κ1) is 18.7. The van der Waals surface area contributed by atoms with Crippen molar-refractivity contribution in [3.05, 3.63) is 69.3 Å². The molecule has 0 unspecified atom stereocenters. The molecule has 0 saturated carbocycles. The van der Waals surface area contributed by atoms with Crippen LogP contribution in [0.25, 0.3) is 22.5 Å². The van der Waals surface area contributed by atoms with Crippen molar-refractivity contribution in [2.45, 2.75) is 13.8 Å². The molecule has 0 aliphatic rings. The summed E-state index contributed by atoms with van der Waals surface area (Å²) in [6, 6.07) is 16.0. The Morgan fingerprint density at radius 1 is 0.643 bits per heavy atom. The molecule has 4 rings (SSSR count). The number of thiazole rings is 2. The van der Waals surface area contributed by atoms with Crippen molar-refractivity contribution in [1.29, 1.82) is 0 Å². The van der Waals surface area contributed by atoms with E-state index in [1.54, 1.807) is 22.7 Å². The van der Waals surface area contributed by atoms with E-state index in [0.29, 0.717) is 13.2 Å². The first-order chi connectivity index (χ1) is 13.7. The van der Waals surface area contributed by atoms with Crippen molar-refractivity contribution in [3.8, 4) is 34.0 Å². The third-order valence-corrected chi connectivity index (χ3v) is 5.71. The number of nitrogens with zero attached hydrogens (tertiary/aromatic N) is 2. The zero-order chi connectivity index (χ0) is 19.3. The fourth-order valence-electron chi connectivity index (χ4n) is 2.75. The van der Waals surface area contributed by atoms with Crippen molar-refractivity contribution in [2.24, 2.45) is 0 Å². The zero-order valence-corrected chi connectivity index (χ0v) is 17.3. The van der Waals surface area contributed by atoms with Gasteiger partial charge in [0.15, 0.2) is 0 Å². The number of benzene rings is 2. The molecule has 0 aliphatic carbocycles. The first-order valence-electron chi connectivity index (χ1n) is 8.98. The molecule has 2 aromatic heterocycles. The van der Waals surface area contributed by atoms with Gasteiger partial charge in [0, 0.05) is 21.9 Å². The molecule has 142 valence electrons. The number of hydrogen-bond donors (Lipinski definition) is 0. The molecule has 0 atom stereocenters. The second kappa shape index (κ2) is 8.54. The van der Waals surface area contributed by atoms with Gasteiger partial charge in [0.05, 0.1) is 21.4 Å². The maximum atomic E-state index is 5.77. The van der Waals surface area contributed by atoms with E-state index in [1.165, 1.54) is 0 Å². The van der Waals surface area contributed by atoms with Crippen LogP contribution in [-0.2, 0) is 0 Å². The molecule has 0 aliphatic heterocycles. The van der Waals surface area contributed by atoms with Gasteiger partial charge in [-0.25, -0.2) is 9.97 Å². The molecule has 2 heterocycles. The van der Waals surface area contributed by atoms with E-state index in [1.807, 2.05) is 62.4 Å². The van der Waals surface area contributed by atoms with Gasteiger partial charge in [0.25, 0.3) is 0 Å². The van der Waals surface area contributed by atoms with Crippen LogP contribution in [0.4, 0.5) is 0 Å². The van der Waals surface area contributed by atoms with Gasteiger partial charge in [0.1, 0.15) is 24.7 Å². The second-order valence-electron chi connectivity index (χ2n) is 6.25. The van der Waals surface area contributed by atoms with Crippen LogP contribution in [0.5, 0.6) is 11.5 Å². The SMILES string of the molecule is Cc1nc(-c2ccc(OCCOc3ccc(-c4csc(C)n4)cc3)cc2)cs1. The van der Waals surface area contributed by atoms with Crippen LogP contribution in [0.1, 0.15) is 10.0 Å². The summed E-state index contributed by atoms with van der Waals surface area (Å²) in [5.74, 6) is 1.65. The van der Waals surface area contributed by atoms with Crippen LogP contribution in [0.15, 0.2) is 59.3 Å². The van der Waals surface area contributed by atoms with E-state index in [2.05, 4.69) is 20.7 Å². The van der Waals surface area contributed by atoms with Gasteiger partial charge < -0.3 is 9.47 Å². The Morgan fingerprint density at radius 2 is 1.04 bits per heavy atom. The molecule has 0 spiro atoms. The van der Waals surface area contributed by atoms with Crippen LogP contribution in [-0.4, -0.2) is 23.2 Å². The Balaban J connectivity index is 1.25. The number of aromatic nitrogens is 2. The lowest BCUT2D eigenvalue weighted by Gasteiger charge is -2.09. The van der Waals surface area contributed by atoms with E-state index in [-0.39, 0.29) is 0 Å². The standard InChI is InChI=1S/C22H20N2O2S2/c1-15-23-21(13-27-15)17-3-7-19(8-4-17)25-11-12-26-20-9-5-18(6-10-20)22-14-28-16(2)24-22/h3-10,13-14H,11-12H2,1-2H3. The van der Waals surface area contributed by atoms with Crippen LogP contribution in [0.3, 0.4) is 0 Å². The summed E-state index contributed by atoms with van der Waals surface area (Å²) in [7, 11) is 0. The lowest BCUT2D eigenvalue weighted by atomic mass is 10.2. The lowest BCUT2D eigenvalue weighted by molar-refractivity contribution is 0.217. The monoisotopic (exact) mass is 408 g/mol. The van der Waals surface area contributed by atoms with Crippen LogP contribution in [0.2, 0.25) is 0 Å². The minimum absolute atomic E-state index is 0.488. The molecule has 4 nitrogen and oxygen atoms in total. The zero-order valence-electron chi connectivity index (χ0n) is 15.7. The molecule has 4 aromatic rings. The molecule has 0 amide bonds. The fraction of sp³-hybridized carbons (Fsp3) is 0.182. The topological polar surface area (TPSA) is 44.2 Å². The van der Waals surface area contributed by atoms with Crippen molar-refractivity contribution in [3.63, 3.8) is 0 Å². The summed E-state index contributed by atoms with van der Waals surface area (Å²) in [6.07, 6.45) is 0. The third kappa shape index (κ3) is 4.58. The molecule has 0 radical (unpaired) electrons. The molecule has 0 N–H and O–H groups in total. The van der Waals surface area contributed by atoms with E-state index < -0.39 is 0 Å². The van der Waals surface area contributed by atoms with Crippen molar-refractivity contribution in [1.82, 2.24) is 9.97 Å². The fourth-order valence-corrected chi connectivity index (χ4v) is 4.00. The molecule has 0 bridgehead atoms. The highest BCUT2D eigenvalue weighted by atomic mass is 32.1. The average molecular weight is 409 g/mol. The van der Waals surface area contributed by atoms with Gasteiger partial charge in [-0.05, 0) is 62.4 Å². The molecule has 2 aromatic carbocycles. The Morgan fingerprint density at radius 3 is 1.36 bits per heavy atom. The highest BCUT2D eigenvalue weighted by molar-refractivity contribution is 7.10. The molecular weight excluding hydrogens is 388 g/mol. The third-order valence-electron chi connectivity index (χ3n) is 4.16. The van der Waals surface area contributed by atoms with Crippen molar-refractivity contribution >= 4 is 22.7 Å². The number of hydrogen-bond acceptors (Lipinski definition) is 6. The summed E-state index contributed by atoms with van der Waals surface area (Å²) in [5, 5.41) is 6.28. The predicted octanol–water partition coefficient (Wildman–Crippen LogP) is 6.01. The average Bonchev–Trinajstić information content (AvgIpc) is 3.35. The maximum absolute atomic E-state index is 5.77. The smallest absolute Gasteiger partial charge is 0.122 e. The molecule has 0 fully saturated rings. The Kier molecular flexibility index (Phi) is 5.69. The number of aryl methyl sites for hydroxylation is 2. The van der Waals surface area contributed by atoms with E-state index >= 15 is 0 Å². The van der Waals surface area contributed by atoms with Gasteiger partial charge >= 0.3 is 0 Å². The van der Waals surface area contributed by atoms with Gasteiger partial charge in [0.2, 0.25) is 0 Å². The first-order valence-corrected chi connectivity index (χ1v) is 10.7. The Bertz CT molecular complexity index is 951. The number of ether oxygens (including phenoxy) is 2.